The van der Waals surface area contributed by atoms with Gasteiger partial charge in [-0.3, -0.25) is 0 Å². The van der Waals surface area contributed by atoms with Crippen molar-refractivity contribution in [3.05, 3.63) is 29.8 Å². The standard InChI is InChI=1S/C16H22O4/c1-3-4-5-6-11-20-16(18)10-8-13-7-9-14(17)15(12-13)19-2/h7-10,12,17H,3-6,11H2,1-2H3/b10-8+. The van der Waals surface area contributed by atoms with Gasteiger partial charge in [-0.25, -0.2) is 4.79 Å². The largest absolute Gasteiger partial charge is 0.504 e. The first-order chi connectivity index (χ1) is 9.67. The van der Waals surface area contributed by atoms with Crippen LogP contribution < -0.4 is 4.74 Å². The summed E-state index contributed by atoms with van der Waals surface area (Å²) in [6.07, 6.45) is 7.34. The summed E-state index contributed by atoms with van der Waals surface area (Å²) in [6.45, 7) is 2.60. The highest BCUT2D eigenvalue weighted by molar-refractivity contribution is 5.87. The Bertz CT molecular complexity index is 452. The quantitative estimate of drug-likeness (QED) is 0.449. The number of unbranched alkanes of at least 4 members (excludes halogenated alkanes) is 3. The third-order valence-corrected chi connectivity index (χ3v) is 2.86. The number of phenols is 1. The van der Waals surface area contributed by atoms with E-state index < -0.39 is 0 Å². The Kier molecular flexibility index (Phi) is 7.25. The van der Waals surface area contributed by atoms with Crippen LogP contribution in [-0.2, 0) is 9.53 Å². The molecule has 0 fully saturated rings. The predicted octanol–water partition coefficient (Wildman–Crippen LogP) is 3.54. The summed E-state index contributed by atoms with van der Waals surface area (Å²) >= 11 is 0. The van der Waals surface area contributed by atoms with Gasteiger partial charge in [-0.2, -0.15) is 0 Å². The van der Waals surface area contributed by atoms with Crippen LogP contribution >= 0.6 is 0 Å². The van der Waals surface area contributed by atoms with Crippen molar-refractivity contribution in [3.8, 4) is 11.5 Å². The van der Waals surface area contributed by atoms with E-state index in [0.29, 0.717) is 12.4 Å². The number of carbonyl (C=O) groups excluding carboxylic acids is 1. The van der Waals surface area contributed by atoms with Crippen molar-refractivity contribution in [2.24, 2.45) is 0 Å². The smallest absolute Gasteiger partial charge is 0.330 e. The zero-order chi connectivity index (χ0) is 14.8. The lowest BCUT2D eigenvalue weighted by Crippen LogP contribution is -2.02. The number of rotatable bonds is 8. The fraction of sp³-hybridized carbons (Fsp3) is 0.438. The average molecular weight is 278 g/mol. The van der Waals surface area contributed by atoms with Gasteiger partial charge < -0.3 is 14.6 Å². The summed E-state index contributed by atoms with van der Waals surface area (Å²) in [5.41, 5.74) is 0.766. The molecule has 0 aliphatic rings. The summed E-state index contributed by atoms with van der Waals surface area (Å²) in [6, 6.07) is 4.87. The number of hydrogen-bond acceptors (Lipinski definition) is 4. The summed E-state index contributed by atoms with van der Waals surface area (Å²) in [7, 11) is 1.48. The van der Waals surface area contributed by atoms with Crippen LogP contribution in [-0.4, -0.2) is 24.8 Å². The Morgan fingerprint density at radius 1 is 1.30 bits per heavy atom. The fourth-order valence-electron chi connectivity index (χ4n) is 1.71. The van der Waals surface area contributed by atoms with E-state index in [2.05, 4.69) is 6.92 Å². The molecule has 0 aromatic heterocycles. The molecule has 4 nitrogen and oxygen atoms in total. The van der Waals surface area contributed by atoms with E-state index in [9.17, 15) is 9.90 Å². The third kappa shape index (κ3) is 5.78. The number of benzene rings is 1. The zero-order valence-electron chi connectivity index (χ0n) is 12.1. The second kappa shape index (κ2) is 9.02. The van der Waals surface area contributed by atoms with Gasteiger partial charge in [-0.15, -0.1) is 0 Å². The first-order valence-electron chi connectivity index (χ1n) is 6.89. The van der Waals surface area contributed by atoms with Gasteiger partial charge in [0.05, 0.1) is 13.7 Å². The van der Waals surface area contributed by atoms with Crippen molar-refractivity contribution in [1.82, 2.24) is 0 Å². The van der Waals surface area contributed by atoms with E-state index in [0.717, 1.165) is 24.8 Å². The van der Waals surface area contributed by atoms with Gasteiger partial charge in [0.2, 0.25) is 0 Å². The van der Waals surface area contributed by atoms with Crippen molar-refractivity contribution in [2.45, 2.75) is 32.6 Å². The van der Waals surface area contributed by atoms with Crippen LogP contribution in [0, 0.1) is 0 Å². The molecule has 20 heavy (non-hydrogen) atoms. The van der Waals surface area contributed by atoms with Crippen molar-refractivity contribution < 1.29 is 19.4 Å². The number of hydrogen-bond donors (Lipinski definition) is 1. The molecule has 1 rings (SSSR count). The lowest BCUT2D eigenvalue weighted by molar-refractivity contribution is -0.137. The number of carbonyl (C=O) groups is 1. The number of aromatic hydroxyl groups is 1. The molecule has 1 aromatic rings. The van der Waals surface area contributed by atoms with Crippen LogP contribution in [0.2, 0.25) is 0 Å². The molecule has 0 saturated carbocycles. The molecule has 1 aromatic carbocycles. The maximum Gasteiger partial charge on any atom is 0.330 e. The summed E-state index contributed by atoms with van der Waals surface area (Å²) in [5.74, 6) is 0.0942. The maximum absolute atomic E-state index is 11.5. The van der Waals surface area contributed by atoms with Gasteiger partial charge in [-0.1, -0.05) is 32.3 Å². The molecule has 0 unspecified atom stereocenters. The Morgan fingerprint density at radius 3 is 2.80 bits per heavy atom. The van der Waals surface area contributed by atoms with Crippen LogP contribution in [0.4, 0.5) is 0 Å². The van der Waals surface area contributed by atoms with E-state index >= 15 is 0 Å². The molecule has 4 heteroatoms. The number of ether oxygens (including phenoxy) is 2. The van der Waals surface area contributed by atoms with Crippen molar-refractivity contribution >= 4 is 12.0 Å². The number of methoxy groups -OCH3 is 1. The van der Waals surface area contributed by atoms with Crippen LogP contribution in [0.1, 0.15) is 38.2 Å². The molecule has 0 bridgehead atoms. The zero-order valence-corrected chi connectivity index (χ0v) is 12.1. The third-order valence-electron chi connectivity index (χ3n) is 2.86. The lowest BCUT2D eigenvalue weighted by Gasteiger charge is -2.04. The molecular weight excluding hydrogens is 256 g/mol. The van der Waals surface area contributed by atoms with Crippen molar-refractivity contribution in [3.63, 3.8) is 0 Å². The van der Waals surface area contributed by atoms with E-state index in [1.807, 2.05) is 0 Å². The normalized spacial score (nSPS) is 10.7. The summed E-state index contributed by atoms with van der Waals surface area (Å²) in [5, 5.41) is 9.46. The summed E-state index contributed by atoms with van der Waals surface area (Å²) in [4.78, 5) is 11.5. The minimum Gasteiger partial charge on any atom is -0.504 e. The van der Waals surface area contributed by atoms with E-state index in [-0.39, 0.29) is 11.7 Å². The van der Waals surface area contributed by atoms with E-state index in [1.54, 1.807) is 18.2 Å². The average Bonchev–Trinajstić information content (AvgIpc) is 2.46. The van der Waals surface area contributed by atoms with Crippen LogP contribution in [0.15, 0.2) is 24.3 Å². The highest BCUT2D eigenvalue weighted by atomic mass is 16.5. The van der Waals surface area contributed by atoms with Gasteiger partial charge in [-0.05, 0) is 30.2 Å². The molecular formula is C16H22O4. The van der Waals surface area contributed by atoms with Crippen LogP contribution in [0.3, 0.4) is 0 Å². The van der Waals surface area contributed by atoms with E-state index in [1.165, 1.54) is 25.7 Å². The molecule has 0 aliphatic carbocycles. The first kappa shape index (κ1) is 16.1. The van der Waals surface area contributed by atoms with Crippen molar-refractivity contribution in [1.29, 1.82) is 0 Å². The highest BCUT2D eigenvalue weighted by Crippen LogP contribution is 2.26. The monoisotopic (exact) mass is 278 g/mol. The van der Waals surface area contributed by atoms with Gasteiger partial charge in [0.1, 0.15) is 0 Å². The molecule has 0 amide bonds. The van der Waals surface area contributed by atoms with Gasteiger partial charge in [0.15, 0.2) is 11.5 Å². The molecule has 110 valence electrons. The van der Waals surface area contributed by atoms with Gasteiger partial charge in [0, 0.05) is 6.08 Å². The minimum atomic E-state index is -0.353. The molecule has 0 aliphatic heterocycles. The Balaban J connectivity index is 2.41. The SMILES string of the molecule is CCCCCCOC(=O)/C=C/c1ccc(O)c(OC)c1. The number of esters is 1. The highest BCUT2D eigenvalue weighted by Gasteiger charge is 2.01. The Labute approximate surface area is 120 Å². The molecule has 0 atom stereocenters. The molecule has 0 heterocycles. The molecule has 0 radical (unpaired) electrons. The first-order valence-corrected chi connectivity index (χ1v) is 6.89. The predicted molar refractivity (Wildman–Crippen MR) is 78.8 cm³/mol. The molecule has 0 saturated heterocycles. The number of phenolic OH excluding ortho intramolecular Hbond substituents is 1. The lowest BCUT2D eigenvalue weighted by atomic mass is 10.2. The van der Waals surface area contributed by atoms with Crippen LogP contribution in [0.25, 0.3) is 6.08 Å². The fourth-order valence-corrected chi connectivity index (χ4v) is 1.71. The Hall–Kier alpha value is -1.97. The van der Waals surface area contributed by atoms with E-state index in [4.69, 9.17) is 9.47 Å². The molecule has 0 spiro atoms. The van der Waals surface area contributed by atoms with Crippen molar-refractivity contribution in [2.75, 3.05) is 13.7 Å². The Morgan fingerprint density at radius 2 is 2.10 bits per heavy atom. The summed E-state index contributed by atoms with van der Waals surface area (Å²) < 4.78 is 10.1. The van der Waals surface area contributed by atoms with Gasteiger partial charge >= 0.3 is 5.97 Å². The molecule has 1 N–H and O–H groups in total. The van der Waals surface area contributed by atoms with Crippen LogP contribution in [0.5, 0.6) is 11.5 Å². The second-order valence-corrected chi connectivity index (χ2v) is 4.49. The maximum atomic E-state index is 11.5. The second-order valence-electron chi connectivity index (χ2n) is 4.49. The van der Waals surface area contributed by atoms with Gasteiger partial charge in [0.25, 0.3) is 0 Å². The topological polar surface area (TPSA) is 55.8 Å². The minimum absolute atomic E-state index is 0.0724.